The number of anilines is 3. The molecule has 0 spiro atoms. The van der Waals surface area contributed by atoms with Gasteiger partial charge in [-0.2, -0.15) is 5.10 Å². The normalized spacial score (nSPS) is 14.6. The average Bonchev–Trinajstić information content (AvgIpc) is 3.21. The van der Waals surface area contributed by atoms with Crippen LogP contribution in [-0.2, 0) is 11.2 Å². The molecular formula is C24H30N6O3S. The van der Waals surface area contributed by atoms with Crippen LogP contribution in [0.25, 0.3) is 5.69 Å². The molecule has 2 heterocycles. The van der Waals surface area contributed by atoms with Crippen LogP contribution in [0, 0.1) is 4.77 Å². The van der Waals surface area contributed by atoms with Crippen molar-refractivity contribution in [3.63, 3.8) is 0 Å². The number of nitrogens with zero attached hydrogens (tertiary/aromatic N) is 2. The smallest absolute Gasteiger partial charge is 0.327 e. The molecule has 1 atom stereocenters. The second-order valence-electron chi connectivity index (χ2n) is 8.23. The number of carboxylic acid groups (broad SMARTS) is 1. The van der Waals surface area contributed by atoms with Gasteiger partial charge in [-0.1, -0.05) is 32.3 Å². The summed E-state index contributed by atoms with van der Waals surface area (Å²) < 4.78 is 8.43. The van der Waals surface area contributed by atoms with E-state index in [0.717, 1.165) is 41.4 Å². The lowest BCUT2D eigenvalue weighted by Crippen LogP contribution is -2.39. The highest BCUT2D eigenvalue weighted by Crippen LogP contribution is 2.30. The number of hydrogen-bond donors (Lipinski definition) is 5. The van der Waals surface area contributed by atoms with Gasteiger partial charge in [0.15, 0.2) is 11.5 Å². The maximum Gasteiger partial charge on any atom is 0.327 e. The van der Waals surface area contributed by atoms with E-state index >= 15 is 0 Å². The monoisotopic (exact) mass is 482 g/mol. The van der Waals surface area contributed by atoms with Gasteiger partial charge in [-0.05, 0) is 49.0 Å². The molecule has 0 amide bonds. The molecule has 5 N–H and O–H groups in total. The Hall–Kier alpha value is -3.53. The molecule has 34 heavy (non-hydrogen) atoms. The predicted molar refractivity (Wildman–Crippen MR) is 136 cm³/mol. The number of aryl methyl sites for hydroxylation is 1. The summed E-state index contributed by atoms with van der Waals surface area (Å²) in [6, 6.07) is 12.8. The molecule has 0 fully saturated rings. The molecule has 0 saturated heterocycles. The molecule has 180 valence electrons. The number of rotatable bonds is 11. The summed E-state index contributed by atoms with van der Waals surface area (Å²) in [5.74, 6) is 0.733. The van der Waals surface area contributed by atoms with E-state index in [0.29, 0.717) is 17.1 Å². The highest BCUT2D eigenvalue weighted by molar-refractivity contribution is 7.71. The van der Waals surface area contributed by atoms with E-state index in [9.17, 15) is 4.79 Å². The van der Waals surface area contributed by atoms with Crippen molar-refractivity contribution in [2.45, 2.75) is 45.1 Å². The van der Waals surface area contributed by atoms with Crippen molar-refractivity contribution in [1.82, 2.24) is 14.8 Å². The minimum absolute atomic E-state index is 0.272. The highest BCUT2D eigenvalue weighted by Gasteiger charge is 2.23. The second kappa shape index (κ2) is 11.1. The first kappa shape index (κ1) is 23.6. The third kappa shape index (κ3) is 5.69. The zero-order chi connectivity index (χ0) is 23.9. The summed E-state index contributed by atoms with van der Waals surface area (Å²) in [6.45, 7) is 2.79. The summed E-state index contributed by atoms with van der Waals surface area (Å²) in [6.07, 6.45) is 5.57. The van der Waals surface area contributed by atoms with E-state index in [4.69, 9.17) is 22.1 Å². The molecule has 0 aliphatic carbocycles. The van der Waals surface area contributed by atoms with Gasteiger partial charge >= 0.3 is 5.97 Å². The van der Waals surface area contributed by atoms with Crippen LogP contribution in [0.3, 0.4) is 0 Å². The topological polar surface area (TPSA) is 116 Å². The highest BCUT2D eigenvalue weighted by atomic mass is 32.1. The molecular weight excluding hydrogens is 452 g/mol. The van der Waals surface area contributed by atoms with Crippen molar-refractivity contribution in [2.75, 3.05) is 29.2 Å². The zero-order valence-electron chi connectivity index (χ0n) is 19.1. The Kier molecular flexibility index (Phi) is 7.69. The van der Waals surface area contributed by atoms with Gasteiger partial charge in [0, 0.05) is 24.7 Å². The van der Waals surface area contributed by atoms with Crippen molar-refractivity contribution in [1.29, 1.82) is 0 Å². The molecule has 3 aromatic rings. The number of aromatic amines is 1. The van der Waals surface area contributed by atoms with Crippen molar-refractivity contribution >= 4 is 35.2 Å². The Balaban J connectivity index is 1.37. The largest absolute Gasteiger partial charge is 0.480 e. The Labute approximate surface area is 203 Å². The van der Waals surface area contributed by atoms with Crippen molar-refractivity contribution < 1.29 is 14.6 Å². The number of fused-ring (bicyclic) bond motifs is 1. The predicted octanol–water partition coefficient (Wildman–Crippen LogP) is 4.79. The van der Waals surface area contributed by atoms with Crippen molar-refractivity contribution in [3.05, 3.63) is 53.1 Å². The van der Waals surface area contributed by atoms with Crippen molar-refractivity contribution in [2.24, 2.45) is 0 Å². The third-order valence-corrected chi connectivity index (χ3v) is 6.00. The maximum atomic E-state index is 11.2. The summed E-state index contributed by atoms with van der Waals surface area (Å²) >= 11 is 5.48. The van der Waals surface area contributed by atoms with Gasteiger partial charge in [0.05, 0.1) is 17.1 Å². The molecule has 10 heteroatoms. The number of ether oxygens (including phenoxy) is 1. The van der Waals surface area contributed by atoms with E-state index in [1.54, 1.807) is 0 Å². The standard InChI is InChI=1S/C24H30N6O3S/c1-2-3-4-5-9-22-28-29-24(34)30(22)17-8-6-7-16(12-17)26-15-33-18-10-11-19-20(13-18)25-14-21(27-19)23(31)32/h6-8,10-13,21,25-27H,2-5,9,14-15H2,1H3,(H,29,34)(H,31,32). The minimum atomic E-state index is -0.884. The molecule has 0 radical (unpaired) electrons. The molecule has 0 bridgehead atoms. The Bertz CT molecular complexity index is 1190. The third-order valence-electron chi connectivity index (χ3n) is 5.73. The number of aliphatic carboxylic acids is 1. The lowest BCUT2D eigenvalue weighted by atomic mass is 10.1. The first-order valence-electron chi connectivity index (χ1n) is 11.6. The van der Waals surface area contributed by atoms with Crippen molar-refractivity contribution in [3.8, 4) is 11.4 Å². The first-order chi connectivity index (χ1) is 16.5. The van der Waals surface area contributed by atoms with Crippen LogP contribution in [0.5, 0.6) is 5.75 Å². The number of H-pyrrole nitrogens is 1. The first-order valence-corrected chi connectivity index (χ1v) is 12.0. The summed E-state index contributed by atoms with van der Waals surface area (Å²) in [5.41, 5.74) is 3.41. The lowest BCUT2D eigenvalue weighted by molar-refractivity contribution is -0.137. The van der Waals surface area contributed by atoms with Gasteiger partial charge in [-0.3, -0.25) is 9.67 Å². The van der Waals surface area contributed by atoms with Gasteiger partial charge in [0.25, 0.3) is 0 Å². The average molecular weight is 483 g/mol. The van der Waals surface area contributed by atoms with Crippen LogP contribution < -0.4 is 20.7 Å². The maximum absolute atomic E-state index is 11.2. The summed E-state index contributed by atoms with van der Waals surface area (Å²) in [5, 5.41) is 25.9. The van der Waals surface area contributed by atoms with E-state index in [1.165, 1.54) is 19.3 Å². The van der Waals surface area contributed by atoms with E-state index in [1.807, 2.05) is 47.0 Å². The van der Waals surface area contributed by atoms with Gasteiger partial charge < -0.3 is 25.8 Å². The molecule has 1 aromatic heterocycles. The van der Waals surface area contributed by atoms with Crippen LogP contribution >= 0.6 is 12.2 Å². The fourth-order valence-electron chi connectivity index (χ4n) is 3.92. The Morgan fingerprint density at radius 3 is 2.94 bits per heavy atom. The number of hydrogen-bond acceptors (Lipinski definition) is 7. The molecule has 1 unspecified atom stereocenters. The number of carboxylic acids is 1. The van der Waals surface area contributed by atoms with Gasteiger partial charge in [0.1, 0.15) is 17.6 Å². The quantitative estimate of drug-likeness (QED) is 0.150. The number of benzene rings is 2. The molecule has 9 nitrogen and oxygen atoms in total. The number of aromatic nitrogens is 3. The lowest BCUT2D eigenvalue weighted by Gasteiger charge is -2.26. The SMILES string of the molecule is CCCCCCc1n[nH]c(=S)n1-c1cccc(NCOc2ccc3c(c2)NCC(C(=O)O)N3)c1. The molecule has 4 rings (SSSR count). The number of unbranched alkanes of at least 4 members (excludes halogenated alkanes) is 3. The fourth-order valence-corrected chi connectivity index (χ4v) is 4.17. The minimum Gasteiger partial charge on any atom is -0.480 e. The zero-order valence-corrected chi connectivity index (χ0v) is 20.0. The van der Waals surface area contributed by atoms with Crippen LogP contribution in [0.2, 0.25) is 0 Å². The Morgan fingerprint density at radius 1 is 1.24 bits per heavy atom. The van der Waals surface area contributed by atoms with E-state index in [2.05, 4.69) is 33.1 Å². The van der Waals surface area contributed by atoms with Gasteiger partial charge in [0.2, 0.25) is 0 Å². The number of nitrogens with one attached hydrogen (secondary N) is 4. The summed E-state index contributed by atoms with van der Waals surface area (Å²) in [7, 11) is 0. The molecule has 0 saturated carbocycles. The van der Waals surface area contributed by atoms with Crippen LogP contribution in [0.15, 0.2) is 42.5 Å². The second-order valence-corrected chi connectivity index (χ2v) is 8.62. The van der Waals surface area contributed by atoms with Crippen LogP contribution in [0.1, 0.15) is 38.4 Å². The Morgan fingerprint density at radius 2 is 2.12 bits per heavy atom. The number of carbonyl (C=O) groups is 1. The molecule has 1 aliphatic rings. The van der Waals surface area contributed by atoms with Crippen LogP contribution in [-0.4, -0.2) is 45.2 Å². The van der Waals surface area contributed by atoms with Crippen LogP contribution in [0.4, 0.5) is 17.1 Å². The van der Waals surface area contributed by atoms with Gasteiger partial charge in [-0.25, -0.2) is 4.79 Å². The van der Waals surface area contributed by atoms with E-state index < -0.39 is 12.0 Å². The summed E-state index contributed by atoms with van der Waals surface area (Å²) in [4.78, 5) is 11.2. The molecule has 2 aromatic carbocycles. The van der Waals surface area contributed by atoms with E-state index in [-0.39, 0.29) is 6.73 Å². The fraction of sp³-hybridized carbons (Fsp3) is 0.375. The molecule has 1 aliphatic heterocycles. The van der Waals surface area contributed by atoms with Gasteiger partial charge in [-0.15, -0.1) is 0 Å².